The standard InChI is InChI=1S/C11H16O3.C11H16O2/c1-7(2)11(12)13-6-8-3-4-9-10(5-8)14-9;1-9(2)11(12)13-8-10-6-4-3-5-7-10/h8-10H,1,3-6H2,2H3;3-4,10H,1,5-8H2,2H3. The minimum Gasteiger partial charge on any atom is -0.462 e. The smallest absolute Gasteiger partial charge is 0.333 e. The van der Waals surface area contributed by atoms with E-state index in [0.717, 1.165) is 38.5 Å². The number of carbonyl (C=O) groups is 2. The van der Waals surface area contributed by atoms with Gasteiger partial charge in [-0.15, -0.1) is 0 Å². The largest absolute Gasteiger partial charge is 0.462 e. The third-order valence-corrected chi connectivity index (χ3v) is 5.09. The molecule has 3 rings (SSSR count). The van der Waals surface area contributed by atoms with Gasteiger partial charge >= 0.3 is 11.9 Å². The first kappa shape index (κ1) is 21.4. The molecule has 2 aliphatic carbocycles. The van der Waals surface area contributed by atoms with Gasteiger partial charge in [0, 0.05) is 11.1 Å². The maximum absolute atomic E-state index is 11.1. The van der Waals surface area contributed by atoms with Crippen LogP contribution in [0, 0.1) is 11.8 Å². The van der Waals surface area contributed by atoms with Crippen LogP contribution in [0.1, 0.15) is 52.4 Å². The Bertz CT molecular complexity index is 592. The molecule has 5 nitrogen and oxygen atoms in total. The molecule has 0 radical (unpaired) electrons. The van der Waals surface area contributed by atoms with Gasteiger partial charge in [-0.05, 0) is 64.2 Å². The van der Waals surface area contributed by atoms with Crippen molar-refractivity contribution >= 4 is 11.9 Å². The fraction of sp³-hybridized carbons (Fsp3) is 0.636. The number of carbonyl (C=O) groups excluding carboxylic acids is 2. The highest BCUT2D eigenvalue weighted by molar-refractivity contribution is 5.87. The molecule has 1 saturated heterocycles. The molecule has 0 bridgehead atoms. The molecule has 1 heterocycles. The van der Waals surface area contributed by atoms with Crippen molar-refractivity contribution in [1.29, 1.82) is 0 Å². The normalized spacial score (nSPS) is 28.1. The summed E-state index contributed by atoms with van der Waals surface area (Å²) in [7, 11) is 0. The van der Waals surface area contributed by atoms with Crippen LogP contribution in [-0.2, 0) is 23.8 Å². The highest BCUT2D eigenvalue weighted by Crippen LogP contribution is 2.39. The molecule has 0 aromatic rings. The summed E-state index contributed by atoms with van der Waals surface area (Å²) < 4.78 is 15.6. The van der Waals surface area contributed by atoms with E-state index in [0.29, 0.717) is 48.4 Å². The molecule has 0 aromatic carbocycles. The maximum Gasteiger partial charge on any atom is 0.333 e. The zero-order valence-corrected chi connectivity index (χ0v) is 16.6. The van der Waals surface area contributed by atoms with E-state index in [-0.39, 0.29) is 11.9 Å². The van der Waals surface area contributed by atoms with Crippen molar-refractivity contribution in [3.05, 3.63) is 36.5 Å². The summed E-state index contributed by atoms with van der Waals surface area (Å²) in [5.41, 5.74) is 0.952. The summed E-state index contributed by atoms with van der Waals surface area (Å²) in [6.45, 7) is 11.5. The van der Waals surface area contributed by atoms with Crippen LogP contribution in [0.15, 0.2) is 36.5 Å². The van der Waals surface area contributed by atoms with Crippen molar-refractivity contribution in [1.82, 2.24) is 0 Å². The lowest BCUT2D eigenvalue weighted by Crippen LogP contribution is -2.20. The lowest BCUT2D eigenvalue weighted by atomic mass is 9.90. The average Bonchev–Trinajstić information content (AvgIpc) is 3.44. The molecule has 1 saturated carbocycles. The molecule has 0 amide bonds. The third kappa shape index (κ3) is 7.71. The van der Waals surface area contributed by atoms with E-state index < -0.39 is 0 Å². The van der Waals surface area contributed by atoms with Gasteiger partial charge in [0.2, 0.25) is 0 Å². The van der Waals surface area contributed by atoms with Gasteiger partial charge in [-0.2, -0.15) is 0 Å². The van der Waals surface area contributed by atoms with E-state index in [2.05, 4.69) is 25.3 Å². The van der Waals surface area contributed by atoms with Crippen LogP contribution in [0.2, 0.25) is 0 Å². The van der Waals surface area contributed by atoms with Crippen LogP contribution in [-0.4, -0.2) is 37.4 Å². The minimum absolute atomic E-state index is 0.269. The van der Waals surface area contributed by atoms with Crippen molar-refractivity contribution in [2.75, 3.05) is 13.2 Å². The molecule has 3 aliphatic rings. The second kappa shape index (κ2) is 10.5. The molecular formula is C22H32O5. The number of epoxide rings is 1. The number of ether oxygens (including phenoxy) is 3. The number of allylic oxidation sites excluding steroid dienone is 2. The highest BCUT2D eigenvalue weighted by Gasteiger charge is 2.43. The summed E-state index contributed by atoms with van der Waals surface area (Å²) in [5.74, 6) is 0.453. The van der Waals surface area contributed by atoms with E-state index in [9.17, 15) is 9.59 Å². The predicted octanol–water partition coefficient (Wildman–Crippen LogP) is 4.14. The van der Waals surface area contributed by atoms with Crippen molar-refractivity contribution in [2.24, 2.45) is 11.8 Å². The number of hydrogen-bond acceptors (Lipinski definition) is 5. The summed E-state index contributed by atoms with van der Waals surface area (Å²) in [6, 6.07) is 0. The minimum atomic E-state index is -0.274. The zero-order chi connectivity index (χ0) is 19.8. The monoisotopic (exact) mass is 376 g/mol. The fourth-order valence-corrected chi connectivity index (χ4v) is 3.28. The van der Waals surface area contributed by atoms with Gasteiger partial charge in [0.25, 0.3) is 0 Å². The Morgan fingerprint density at radius 2 is 1.56 bits per heavy atom. The molecule has 4 atom stereocenters. The Hall–Kier alpha value is -1.88. The van der Waals surface area contributed by atoms with Crippen molar-refractivity contribution in [2.45, 2.75) is 64.6 Å². The second-order valence-corrected chi connectivity index (χ2v) is 7.80. The number of hydrogen-bond donors (Lipinski definition) is 0. The molecule has 2 fully saturated rings. The predicted molar refractivity (Wildman–Crippen MR) is 104 cm³/mol. The molecule has 0 aromatic heterocycles. The summed E-state index contributed by atoms with van der Waals surface area (Å²) in [6.07, 6.45) is 11.9. The van der Waals surface area contributed by atoms with E-state index in [4.69, 9.17) is 14.2 Å². The van der Waals surface area contributed by atoms with Gasteiger partial charge in [0.05, 0.1) is 25.4 Å². The van der Waals surface area contributed by atoms with Gasteiger partial charge < -0.3 is 14.2 Å². The Morgan fingerprint density at radius 3 is 2.07 bits per heavy atom. The van der Waals surface area contributed by atoms with Gasteiger partial charge in [-0.25, -0.2) is 9.59 Å². The molecule has 0 N–H and O–H groups in total. The van der Waals surface area contributed by atoms with Crippen LogP contribution in [0.5, 0.6) is 0 Å². The molecule has 5 heteroatoms. The number of rotatable bonds is 6. The molecule has 1 aliphatic heterocycles. The van der Waals surface area contributed by atoms with Crippen LogP contribution < -0.4 is 0 Å². The zero-order valence-electron chi connectivity index (χ0n) is 16.6. The molecular weight excluding hydrogens is 344 g/mol. The summed E-state index contributed by atoms with van der Waals surface area (Å²) in [5, 5.41) is 0. The van der Waals surface area contributed by atoms with E-state index >= 15 is 0 Å². The lowest BCUT2D eigenvalue weighted by molar-refractivity contribution is -0.141. The van der Waals surface area contributed by atoms with E-state index in [1.54, 1.807) is 13.8 Å². The molecule has 27 heavy (non-hydrogen) atoms. The topological polar surface area (TPSA) is 65.1 Å². The Labute approximate surface area is 162 Å². The van der Waals surface area contributed by atoms with Crippen LogP contribution >= 0.6 is 0 Å². The first-order chi connectivity index (χ1) is 12.9. The Kier molecular flexibility index (Phi) is 8.29. The van der Waals surface area contributed by atoms with Crippen LogP contribution in [0.3, 0.4) is 0 Å². The van der Waals surface area contributed by atoms with E-state index in [1.165, 1.54) is 0 Å². The van der Waals surface area contributed by atoms with Crippen molar-refractivity contribution in [3.8, 4) is 0 Å². The first-order valence-corrected chi connectivity index (χ1v) is 9.82. The van der Waals surface area contributed by atoms with Gasteiger partial charge in [0.1, 0.15) is 0 Å². The molecule has 150 valence electrons. The summed E-state index contributed by atoms with van der Waals surface area (Å²) >= 11 is 0. The number of esters is 2. The van der Waals surface area contributed by atoms with Gasteiger partial charge in [-0.3, -0.25) is 0 Å². The fourth-order valence-electron chi connectivity index (χ4n) is 3.28. The maximum atomic E-state index is 11.1. The highest BCUT2D eigenvalue weighted by atomic mass is 16.6. The lowest BCUT2D eigenvalue weighted by Gasteiger charge is -2.18. The van der Waals surface area contributed by atoms with Crippen LogP contribution in [0.4, 0.5) is 0 Å². The quantitative estimate of drug-likeness (QED) is 0.302. The molecule has 0 spiro atoms. The van der Waals surface area contributed by atoms with Crippen molar-refractivity contribution < 1.29 is 23.8 Å². The third-order valence-electron chi connectivity index (χ3n) is 5.09. The van der Waals surface area contributed by atoms with E-state index in [1.807, 2.05) is 0 Å². The molecule has 4 unspecified atom stereocenters. The summed E-state index contributed by atoms with van der Waals surface area (Å²) in [4.78, 5) is 22.2. The second-order valence-electron chi connectivity index (χ2n) is 7.80. The Morgan fingerprint density at radius 1 is 0.926 bits per heavy atom. The van der Waals surface area contributed by atoms with Crippen LogP contribution in [0.25, 0.3) is 0 Å². The van der Waals surface area contributed by atoms with Gasteiger partial charge in [-0.1, -0.05) is 25.3 Å². The first-order valence-electron chi connectivity index (χ1n) is 9.82. The Balaban J connectivity index is 0.000000194. The average molecular weight is 376 g/mol. The SMILES string of the molecule is C=C(C)C(=O)OCC1CC=CCC1.C=C(C)C(=O)OCC1CCC2OC2C1. The van der Waals surface area contributed by atoms with Crippen molar-refractivity contribution in [3.63, 3.8) is 0 Å². The number of fused-ring (bicyclic) bond motifs is 1. The van der Waals surface area contributed by atoms with Gasteiger partial charge in [0.15, 0.2) is 0 Å².